The van der Waals surface area contributed by atoms with Crippen molar-refractivity contribution in [3.63, 3.8) is 0 Å². The molecule has 0 bridgehead atoms. The topological polar surface area (TPSA) is 35.5 Å². The molecule has 25 heavy (non-hydrogen) atoms. The van der Waals surface area contributed by atoms with Crippen molar-refractivity contribution in [1.29, 1.82) is 0 Å². The van der Waals surface area contributed by atoms with Crippen LogP contribution in [0.25, 0.3) is 0 Å². The summed E-state index contributed by atoms with van der Waals surface area (Å²) in [5.74, 6) is 1.87. The van der Waals surface area contributed by atoms with E-state index >= 15 is 0 Å². The van der Waals surface area contributed by atoms with Gasteiger partial charge in [0.2, 0.25) is 0 Å². The Morgan fingerprint density at radius 1 is 1.16 bits per heavy atom. The number of hydrogen-bond acceptors (Lipinski definition) is 3. The fraction of sp³-hybridized carbons (Fsp3) is 0.682. The molecule has 1 aromatic carbocycles. The summed E-state index contributed by atoms with van der Waals surface area (Å²) in [6, 6.07) is 8.52. The Bertz CT molecular complexity index is 509. The van der Waals surface area contributed by atoms with E-state index in [2.05, 4.69) is 38.1 Å². The van der Waals surface area contributed by atoms with Gasteiger partial charge in [0.15, 0.2) is 0 Å². The first-order valence-corrected chi connectivity index (χ1v) is 9.97. The molecular formula is C22H34O3. The number of rotatable bonds is 9. The first-order chi connectivity index (χ1) is 12.2. The van der Waals surface area contributed by atoms with Gasteiger partial charge in [-0.1, -0.05) is 58.1 Å². The Labute approximate surface area is 153 Å². The number of benzene rings is 1. The van der Waals surface area contributed by atoms with Crippen LogP contribution in [0.3, 0.4) is 0 Å². The average Bonchev–Trinajstić information content (AvgIpc) is 2.66. The lowest BCUT2D eigenvalue weighted by molar-refractivity contribution is -0.149. The Morgan fingerprint density at radius 2 is 1.88 bits per heavy atom. The predicted molar refractivity (Wildman–Crippen MR) is 102 cm³/mol. The lowest BCUT2D eigenvalue weighted by Crippen LogP contribution is -2.32. The molecule has 1 unspecified atom stereocenters. The van der Waals surface area contributed by atoms with Crippen molar-refractivity contribution in [2.45, 2.75) is 65.2 Å². The van der Waals surface area contributed by atoms with Gasteiger partial charge >= 0.3 is 5.97 Å². The summed E-state index contributed by atoms with van der Waals surface area (Å²) in [6.45, 7) is 5.14. The number of carbonyl (C=O) groups is 1. The normalized spacial score (nSPS) is 21.6. The molecule has 0 heterocycles. The van der Waals surface area contributed by atoms with Gasteiger partial charge in [0.05, 0.1) is 19.6 Å². The summed E-state index contributed by atoms with van der Waals surface area (Å²) in [5, 5.41) is 0. The SMILES string of the molecule is CCCC(CC)Cc1ccc(OC[C@@H]2CCCC[C@H]2C(=O)OC)cc1. The maximum absolute atomic E-state index is 11.9. The molecule has 1 aliphatic rings. The summed E-state index contributed by atoms with van der Waals surface area (Å²) in [4.78, 5) is 11.9. The standard InChI is InChI=1S/C22H34O3/c1-4-8-17(5-2)15-18-11-13-20(14-12-18)25-16-19-9-6-7-10-21(19)22(23)24-3/h11-14,17,19,21H,4-10,15-16H2,1-3H3/t17?,19-,21+/m0/s1. The van der Waals surface area contributed by atoms with E-state index in [1.807, 2.05) is 0 Å². The Balaban J connectivity index is 1.87. The van der Waals surface area contributed by atoms with Crippen molar-refractivity contribution in [2.75, 3.05) is 13.7 Å². The largest absolute Gasteiger partial charge is 0.493 e. The van der Waals surface area contributed by atoms with E-state index in [1.165, 1.54) is 38.4 Å². The van der Waals surface area contributed by atoms with Crippen molar-refractivity contribution in [3.05, 3.63) is 29.8 Å². The van der Waals surface area contributed by atoms with Crippen LogP contribution in [-0.2, 0) is 16.0 Å². The summed E-state index contributed by atoms with van der Waals surface area (Å²) < 4.78 is 11.0. The van der Waals surface area contributed by atoms with Crippen LogP contribution in [0.5, 0.6) is 5.75 Å². The molecule has 0 spiro atoms. The van der Waals surface area contributed by atoms with E-state index in [1.54, 1.807) is 0 Å². The zero-order chi connectivity index (χ0) is 18.1. The second kappa shape index (κ2) is 10.5. The highest BCUT2D eigenvalue weighted by molar-refractivity contribution is 5.72. The quantitative estimate of drug-likeness (QED) is 0.561. The van der Waals surface area contributed by atoms with Gasteiger partial charge in [-0.05, 0) is 42.9 Å². The third-order valence-corrected chi connectivity index (χ3v) is 5.60. The molecule has 1 aliphatic carbocycles. The number of methoxy groups -OCH3 is 1. The lowest BCUT2D eigenvalue weighted by Gasteiger charge is -2.29. The molecule has 3 atom stereocenters. The number of esters is 1. The molecule has 2 rings (SSSR count). The molecule has 1 aromatic rings. The van der Waals surface area contributed by atoms with Gasteiger partial charge in [0.1, 0.15) is 5.75 Å². The van der Waals surface area contributed by atoms with Crippen LogP contribution >= 0.6 is 0 Å². The second-order valence-electron chi connectivity index (χ2n) is 7.40. The van der Waals surface area contributed by atoms with Gasteiger partial charge in [-0.15, -0.1) is 0 Å². The molecule has 3 nitrogen and oxygen atoms in total. The lowest BCUT2D eigenvalue weighted by atomic mass is 9.80. The minimum Gasteiger partial charge on any atom is -0.493 e. The second-order valence-corrected chi connectivity index (χ2v) is 7.40. The molecule has 1 saturated carbocycles. The molecule has 0 amide bonds. The summed E-state index contributed by atoms with van der Waals surface area (Å²) in [5.41, 5.74) is 1.39. The van der Waals surface area contributed by atoms with Crippen molar-refractivity contribution in [2.24, 2.45) is 17.8 Å². The molecule has 3 heteroatoms. The minimum atomic E-state index is -0.0785. The van der Waals surface area contributed by atoms with Crippen LogP contribution in [0.15, 0.2) is 24.3 Å². The first kappa shape index (κ1) is 19.8. The van der Waals surface area contributed by atoms with Gasteiger partial charge in [-0.25, -0.2) is 0 Å². The fourth-order valence-corrected chi connectivity index (χ4v) is 3.99. The van der Waals surface area contributed by atoms with Crippen molar-refractivity contribution in [1.82, 2.24) is 0 Å². The van der Waals surface area contributed by atoms with Gasteiger partial charge in [-0.2, -0.15) is 0 Å². The molecule has 0 radical (unpaired) electrons. The molecule has 0 N–H and O–H groups in total. The molecule has 0 aliphatic heterocycles. The van der Waals surface area contributed by atoms with Crippen LogP contribution in [0.1, 0.15) is 64.4 Å². The highest BCUT2D eigenvalue weighted by Crippen LogP contribution is 2.31. The number of carbonyl (C=O) groups excluding carboxylic acids is 1. The maximum atomic E-state index is 11.9. The summed E-state index contributed by atoms with van der Waals surface area (Å²) >= 11 is 0. The average molecular weight is 347 g/mol. The molecule has 1 fully saturated rings. The van der Waals surface area contributed by atoms with Crippen molar-refractivity contribution < 1.29 is 14.3 Å². The van der Waals surface area contributed by atoms with Gasteiger partial charge in [0, 0.05) is 5.92 Å². The van der Waals surface area contributed by atoms with Crippen LogP contribution < -0.4 is 4.74 Å². The Morgan fingerprint density at radius 3 is 2.52 bits per heavy atom. The fourth-order valence-electron chi connectivity index (χ4n) is 3.99. The summed E-state index contributed by atoms with van der Waals surface area (Å²) in [7, 11) is 1.48. The van der Waals surface area contributed by atoms with Crippen molar-refractivity contribution in [3.8, 4) is 5.75 Å². The monoisotopic (exact) mass is 346 g/mol. The molecule has 0 saturated heterocycles. The molecule has 140 valence electrons. The Kier molecular flexibility index (Phi) is 8.30. The van der Waals surface area contributed by atoms with Gasteiger partial charge in [0.25, 0.3) is 0 Å². The van der Waals surface area contributed by atoms with E-state index < -0.39 is 0 Å². The third-order valence-electron chi connectivity index (χ3n) is 5.60. The van der Waals surface area contributed by atoms with Crippen molar-refractivity contribution >= 4 is 5.97 Å². The predicted octanol–water partition coefficient (Wildman–Crippen LogP) is 5.41. The van der Waals surface area contributed by atoms with E-state index in [9.17, 15) is 4.79 Å². The smallest absolute Gasteiger partial charge is 0.309 e. The van der Waals surface area contributed by atoms with Crippen LogP contribution in [0, 0.1) is 17.8 Å². The highest BCUT2D eigenvalue weighted by atomic mass is 16.5. The minimum absolute atomic E-state index is 0.00243. The zero-order valence-electron chi connectivity index (χ0n) is 16.1. The van der Waals surface area contributed by atoms with Crippen LogP contribution in [-0.4, -0.2) is 19.7 Å². The van der Waals surface area contributed by atoms with Gasteiger partial charge < -0.3 is 9.47 Å². The molecule has 0 aromatic heterocycles. The highest BCUT2D eigenvalue weighted by Gasteiger charge is 2.32. The summed E-state index contributed by atoms with van der Waals surface area (Å²) in [6.07, 6.45) is 9.20. The zero-order valence-corrected chi connectivity index (χ0v) is 16.1. The maximum Gasteiger partial charge on any atom is 0.309 e. The van der Waals surface area contributed by atoms with Gasteiger partial charge in [-0.3, -0.25) is 4.79 Å². The van der Waals surface area contributed by atoms with Crippen LogP contribution in [0.2, 0.25) is 0 Å². The Hall–Kier alpha value is -1.51. The van der Waals surface area contributed by atoms with E-state index in [0.717, 1.165) is 37.4 Å². The van der Waals surface area contributed by atoms with E-state index in [4.69, 9.17) is 9.47 Å². The number of ether oxygens (including phenoxy) is 2. The third kappa shape index (κ3) is 6.05. The van der Waals surface area contributed by atoms with E-state index in [-0.39, 0.29) is 17.8 Å². The number of hydrogen-bond donors (Lipinski definition) is 0. The van der Waals surface area contributed by atoms with E-state index in [0.29, 0.717) is 6.61 Å². The first-order valence-electron chi connectivity index (χ1n) is 9.97. The van der Waals surface area contributed by atoms with Crippen LogP contribution in [0.4, 0.5) is 0 Å². The molecular weight excluding hydrogens is 312 g/mol.